The molecule has 16 heavy (non-hydrogen) atoms. The number of carbonyl (C=O) groups is 1. The van der Waals surface area contributed by atoms with Crippen molar-refractivity contribution < 1.29 is 14.4 Å². The van der Waals surface area contributed by atoms with E-state index in [-0.39, 0.29) is 5.76 Å². The fourth-order valence-corrected chi connectivity index (χ4v) is 1.66. The molecule has 1 aromatic carbocycles. The van der Waals surface area contributed by atoms with Crippen LogP contribution in [0.15, 0.2) is 28.8 Å². The van der Waals surface area contributed by atoms with Gasteiger partial charge in [-0.25, -0.2) is 4.79 Å². The van der Waals surface area contributed by atoms with Gasteiger partial charge in [-0.1, -0.05) is 28.9 Å². The highest BCUT2D eigenvalue weighted by atomic mass is 35.5. The molecule has 0 aliphatic rings. The Bertz CT molecular complexity index is 548. The quantitative estimate of drug-likeness (QED) is 0.872. The second-order valence-corrected chi connectivity index (χ2v) is 3.77. The van der Waals surface area contributed by atoms with Gasteiger partial charge in [-0.05, 0) is 18.6 Å². The molecular weight excluding hydrogens is 230 g/mol. The van der Waals surface area contributed by atoms with E-state index in [9.17, 15) is 4.79 Å². The highest BCUT2D eigenvalue weighted by Crippen LogP contribution is 2.28. The SMILES string of the molecule is Cc1ccc(-c2cc(C(=O)O)on2)c(Cl)c1. The fraction of sp³-hybridized carbons (Fsp3) is 0.0909. The molecule has 4 nitrogen and oxygen atoms in total. The molecule has 2 rings (SSSR count). The molecule has 1 aromatic heterocycles. The molecule has 0 aliphatic heterocycles. The average Bonchev–Trinajstić information content (AvgIpc) is 2.66. The zero-order valence-electron chi connectivity index (χ0n) is 8.40. The highest BCUT2D eigenvalue weighted by molar-refractivity contribution is 6.33. The largest absolute Gasteiger partial charge is 0.475 e. The topological polar surface area (TPSA) is 63.3 Å². The summed E-state index contributed by atoms with van der Waals surface area (Å²) in [5.74, 6) is -1.35. The number of aromatic carboxylic acids is 1. The van der Waals surface area contributed by atoms with Crippen molar-refractivity contribution in [3.63, 3.8) is 0 Å². The van der Waals surface area contributed by atoms with Crippen molar-refractivity contribution >= 4 is 17.6 Å². The van der Waals surface area contributed by atoms with E-state index in [4.69, 9.17) is 16.7 Å². The van der Waals surface area contributed by atoms with E-state index in [1.807, 2.05) is 13.0 Å². The van der Waals surface area contributed by atoms with Crippen LogP contribution in [0.1, 0.15) is 16.1 Å². The summed E-state index contributed by atoms with van der Waals surface area (Å²) in [5.41, 5.74) is 2.10. The van der Waals surface area contributed by atoms with E-state index in [0.717, 1.165) is 5.56 Å². The molecule has 0 atom stereocenters. The van der Waals surface area contributed by atoms with Crippen molar-refractivity contribution in [2.45, 2.75) is 6.92 Å². The minimum Gasteiger partial charge on any atom is -0.475 e. The second-order valence-electron chi connectivity index (χ2n) is 3.36. The Labute approximate surface area is 96.4 Å². The molecule has 0 spiro atoms. The van der Waals surface area contributed by atoms with Crippen LogP contribution in [-0.4, -0.2) is 16.2 Å². The number of carboxylic acids is 1. The predicted octanol–water partition coefficient (Wildman–Crippen LogP) is 3.00. The number of hydrogen-bond donors (Lipinski definition) is 1. The first-order chi connectivity index (χ1) is 7.58. The first kappa shape index (κ1) is 10.7. The maximum atomic E-state index is 10.6. The van der Waals surface area contributed by atoms with E-state index >= 15 is 0 Å². The summed E-state index contributed by atoms with van der Waals surface area (Å²) < 4.78 is 4.66. The molecule has 82 valence electrons. The van der Waals surface area contributed by atoms with Crippen molar-refractivity contribution in [2.75, 3.05) is 0 Å². The van der Waals surface area contributed by atoms with Crippen LogP contribution in [0, 0.1) is 6.92 Å². The molecule has 0 saturated heterocycles. The predicted molar refractivity (Wildman–Crippen MR) is 58.6 cm³/mol. The van der Waals surface area contributed by atoms with Gasteiger partial charge in [0.15, 0.2) is 0 Å². The zero-order chi connectivity index (χ0) is 11.7. The molecule has 0 radical (unpaired) electrons. The number of hydrogen-bond acceptors (Lipinski definition) is 3. The number of benzene rings is 1. The first-order valence-electron chi connectivity index (χ1n) is 4.54. The number of carboxylic acid groups (broad SMARTS) is 1. The normalized spacial score (nSPS) is 10.4. The smallest absolute Gasteiger partial charge is 0.374 e. The Morgan fingerprint density at radius 2 is 2.19 bits per heavy atom. The summed E-state index contributed by atoms with van der Waals surface area (Å²) in [6.07, 6.45) is 0. The van der Waals surface area contributed by atoms with Crippen LogP contribution < -0.4 is 0 Å². The van der Waals surface area contributed by atoms with Crippen LogP contribution in [0.3, 0.4) is 0 Å². The number of halogens is 1. The lowest BCUT2D eigenvalue weighted by atomic mass is 10.1. The summed E-state index contributed by atoms with van der Waals surface area (Å²) >= 11 is 6.02. The third-order valence-electron chi connectivity index (χ3n) is 2.12. The van der Waals surface area contributed by atoms with Gasteiger partial charge in [-0.2, -0.15) is 0 Å². The number of aryl methyl sites for hydroxylation is 1. The van der Waals surface area contributed by atoms with Gasteiger partial charge in [0.2, 0.25) is 5.76 Å². The Morgan fingerprint density at radius 3 is 2.75 bits per heavy atom. The number of aromatic nitrogens is 1. The summed E-state index contributed by atoms with van der Waals surface area (Å²) in [5, 5.41) is 12.9. The van der Waals surface area contributed by atoms with Gasteiger partial charge in [0.1, 0.15) is 5.69 Å². The lowest BCUT2D eigenvalue weighted by Crippen LogP contribution is -1.91. The lowest BCUT2D eigenvalue weighted by Gasteiger charge is -2.00. The molecule has 2 aromatic rings. The van der Waals surface area contributed by atoms with Gasteiger partial charge >= 0.3 is 5.97 Å². The maximum Gasteiger partial charge on any atom is 0.374 e. The molecule has 0 fully saturated rings. The standard InChI is InChI=1S/C11H8ClNO3/c1-6-2-3-7(8(12)4-6)9-5-10(11(14)15)16-13-9/h2-5H,1H3,(H,14,15). The van der Waals surface area contributed by atoms with Crippen LogP contribution in [0.4, 0.5) is 0 Å². The van der Waals surface area contributed by atoms with E-state index in [0.29, 0.717) is 16.3 Å². The first-order valence-corrected chi connectivity index (χ1v) is 4.92. The van der Waals surface area contributed by atoms with Crippen molar-refractivity contribution in [3.05, 3.63) is 40.6 Å². The summed E-state index contributed by atoms with van der Waals surface area (Å²) in [4.78, 5) is 10.6. The Hall–Kier alpha value is -1.81. The molecule has 1 N–H and O–H groups in total. The third kappa shape index (κ3) is 1.92. The van der Waals surface area contributed by atoms with Crippen LogP contribution in [-0.2, 0) is 0 Å². The number of rotatable bonds is 2. The fourth-order valence-electron chi connectivity index (χ4n) is 1.33. The summed E-state index contributed by atoms with van der Waals surface area (Å²) in [6.45, 7) is 1.92. The van der Waals surface area contributed by atoms with Gasteiger partial charge in [0.05, 0.1) is 5.02 Å². The minimum atomic E-state index is -1.15. The second kappa shape index (κ2) is 3.98. The van der Waals surface area contributed by atoms with Crippen LogP contribution in [0.2, 0.25) is 5.02 Å². The number of nitrogens with zero attached hydrogens (tertiary/aromatic N) is 1. The zero-order valence-corrected chi connectivity index (χ0v) is 9.15. The van der Waals surface area contributed by atoms with Crippen molar-refractivity contribution in [2.24, 2.45) is 0 Å². The van der Waals surface area contributed by atoms with E-state index in [1.54, 1.807) is 12.1 Å². The minimum absolute atomic E-state index is 0.202. The molecular formula is C11H8ClNO3. The monoisotopic (exact) mass is 237 g/mol. The molecule has 5 heteroatoms. The third-order valence-corrected chi connectivity index (χ3v) is 2.43. The van der Waals surface area contributed by atoms with Gasteiger partial charge in [0.25, 0.3) is 0 Å². The van der Waals surface area contributed by atoms with Gasteiger partial charge in [0, 0.05) is 11.6 Å². The van der Waals surface area contributed by atoms with Crippen LogP contribution in [0.25, 0.3) is 11.3 Å². The van der Waals surface area contributed by atoms with Gasteiger partial charge in [-0.3, -0.25) is 0 Å². The molecule has 0 bridgehead atoms. The maximum absolute atomic E-state index is 10.6. The molecule has 0 aliphatic carbocycles. The van der Waals surface area contributed by atoms with Crippen molar-refractivity contribution in [1.82, 2.24) is 5.16 Å². The van der Waals surface area contributed by atoms with Gasteiger partial charge in [-0.15, -0.1) is 0 Å². The van der Waals surface area contributed by atoms with E-state index < -0.39 is 5.97 Å². The average molecular weight is 238 g/mol. The molecule has 0 saturated carbocycles. The Balaban J connectivity index is 2.46. The van der Waals surface area contributed by atoms with E-state index in [2.05, 4.69) is 9.68 Å². The Kier molecular flexibility index (Phi) is 2.66. The highest BCUT2D eigenvalue weighted by Gasteiger charge is 2.14. The van der Waals surface area contributed by atoms with Crippen molar-refractivity contribution in [1.29, 1.82) is 0 Å². The van der Waals surface area contributed by atoms with Crippen LogP contribution in [0.5, 0.6) is 0 Å². The Morgan fingerprint density at radius 1 is 1.44 bits per heavy atom. The summed E-state index contributed by atoms with van der Waals surface area (Å²) in [7, 11) is 0. The van der Waals surface area contributed by atoms with Crippen molar-refractivity contribution in [3.8, 4) is 11.3 Å². The molecule has 0 amide bonds. The van der Waals surface area contributed by atoms with Crippen LogP contribution >= 0.6 is 11.6 Å². The van der Waals surface area contributed by atoms with E-state index in [1.165, 1.54) is 6.07 Å². The lowest BCUT2D eigenvalue weighted by molar-refractivity contribution is 0.0652. The summed E-state index contributed by atoms with van der Waals surface area (Å²) in [6, 6.07) is 6.78. The molecule has 0 unspecified atom stereocenters. The molecule has 1 heterocycles. The van der Waals surface area contributed by atoms with Gasteiger partial charge < -0.3 is 9.63 Å².